The summed E-state index contributed by atoms with van der Waals surface area (Å²) >= 11 is 0. The monoisotopic (exact) mass is 514 g/mol. The van der Waals surface area contributed by atoms with Crippen LogP contribution in [0.15, 0.2) is 29.1 Å². The molecule has 0 saturated carbocycles. The van der Waals surface area contributed by atoms with Crippen molar-refractivity contribution in [3.8, 4) is 6.07 Å². The summed E-state index contributed by atoms with van der Waals surface area (Å²) in [5, 5.41) is 11.1. The zero-order valence-electron chi connectivity index (χ0n) is 22.4. The van der Waals surface area contributed by atoms with E-state index in [1.54, 1.807) is 12.1 Å². The minimum Gasteiger partial charge on any atom is -0.381 e. The molecule has 38 heavy (non-hydrogen) atoms. The molecule has 0 bridgehead atoms. The largest absolute Gasteiger partial charge is 0.381 e. The number of hydrogen-bond acceptors (Lipinski definition) is 4. The highest BCUT2D eigenvalue weighted by Crippen LogP contribution is 2.39. The predicted molar refractivity (Wildman–Crippen MR) is 149 cm³/mol. The van der Waals surface area contributed by atoms with Crippen molar-refractivity contribution in [1.82, 2.24) is 14.5 Å². The van der Waals surface area contributed by atoms with Crippen LogP contribution >= 0.6 is 0 Å². The number of piperidine rings is 1. The molecule has 2 aliphatic rings. The SMILES string of the molecule is CCc1cc2c(=O)c3c4ccc(C#N)cc4[nH]c3n(C(C)C)c2c(F)c1C1CCN(C2CCOCC2)CC1. The van der Waals surface area contributed by atoms with E-state index in [-0.39, 0.29) is 23.2 Å². The average molecular weight is 515 g/mol. The quantitative estimate of drug-likeness (QED) is 0.355. The molecule has 0 spiro atoms. The van der Waals surface area contributed by atoms with Crippen molar-refractivity contribution in [3.63, 3.8) is 0 Å². The van der Waals surface area contributed by atoms with Gasteiger partial charge in [0.25, 0.3) is 0 Å². The second kappa shape index (κ2) is 9.83. The van der Waals surface area contributed by atoms with E-state index in [0.717, 1.165) is 74.0 Å². The average Bonchev–Trinajstić information content (AvgIpc) is 3.32. The maximum Gasteiger partial charge on any atom is 0.199 e. The zero-order chi connectivity index (χ0) is 26.6. The Kier molecular flexibility index (Phi) is 6.49. The zero-order valence-corrected chi connectivity index (χ0v) is 22.4. The van der Waals surface area contributed by atoms with Crippen LogP contribution in [0.5, 0.6) is 0 Å². The van der Waals surface area contributed by atoms with Gasteiger partial charge in [0.2, 0.25) is 0 Å². The second-order valence-corrected chi connectivity index (χ2v) is 11.2. The highest BCUT2D eigenvalue weighted by molar-refractivity contribution is 6.10. The first-order valence-corrected chi connectivity index (χ1v) is 14.0. The number of rotatable bonds is 4. The van der Waals surface area contributed by atoms with Crippen LogP contribution in [0, 0.1) is 17.1 Å². The lowest BCUT2D eigenvalue weighted by Crippen LogP contribution is -2.43. The van der Waals surface area contributed by atoms with Crippen LogP contribution in [0.3, 0.4) is 0 Å². The van der Waals surface area contributed by atoms with E-state index < -0.39 is 0 Å². The van der Waals surface area contributed by atoms with Gasteiger partial charge in [-0.05, 0) is 94.3 Å². The highest BCUT2D eigenvalue weighted by Gasteiger charge is 2.31. The Hall–Kier alpha value is -3.21. The highest BCUT2D eigenvalue weighted by atomic mass is 19.1. The molecule has 198 valence electrons. The number of nitrogens with zero attached hydrogens (tertiary/aromatic N) is 3. The molecule has 4 aromatic rings. The van der Waals surface area contributed by atoms with E-state index in [4.69, 9.17) is 4.74 Å². The molecule has 0 radical (unpaired) electrons. The summed E-state index contributed by atoms with van der Waals surface area (Å²) in [5.41, 5.74) is 3.83. The van der Waals surface area contributed by atoms with Crippen LogP contribution in [0.2, 0.25) is 0 Å². The van der Waals surface area contributed by atoms with Crippen LogP contribution in [0.1, 0.15) is 75.1 Å². The van der Waals surface area contributed by atoms with Crippen LogP contribution < -0.4 is 5.43 Å². The van der Waals surface area contributed by atoms with Gasteiger partial charge in [-0.25, -0.2) is 4.39 Å². The Morgan fingerprint density at radius 2 is 1.87 bits per heavy atom. The fourth-order valence-corrected chi connectivity index (χ4v) is 6.88. The first kappa shape index (κ1) is 25.1. The summed E-state index contributed by atoms with van der Waals surface area (Å²) in [5.74, 6) is -0.106. The van der Waals surface area contributed by atoms with Gasteiger partial charge in [0.15, 0.2) is 11.2 Å². The Bertz CT molecular complexity index is 1630. The third kappa shape index (κ3) is 3.93. The molecule has 0 amide bonds. The molecule has 1 N–H and O–H groups in total. The Morgan fingerprint density at radius 1 is 1.13 bits per heavy atom. The fourth-order valence-electron chi connectivity index (χ4n) is 6.88. The Balaban J connectivity index is 1.52. The molecule has 4 heterocycles. The summed E-state index contributed by atoms with van der Waals surface area (Å²) in [6.45, 7) is 9.69. The Morgan fingerprint density at radius 3 is 2.53 bits per heavy atom. The molecule has 0 aliphatic carbocycles. The third-order valence-electron chi connectivity index (χ3n) is 8.77. The van der Waals surface area contributed by atoms with E-state index in [9.17, 15) is 10.1 Å². The summed E-state index contributed by atoms with van der Waals surface area (Å²) in [7, 11) is 0. The van der Waals surface area contributed by atoms with Gasteiger partial charge in [0.1, 0.15) is 5.65 Å². The maximum atomic E-state index is 16.8. The van der Waals surface area contributed by atoms with Crippen molar-refractivity contribution < 1.29 is 9.13 Å². The van der Waals surface area contributed by atoms with Gasteiger partial charge in [-0.3, -0.25) is 4.79 Å². The van der Waals surface area contributed by atoms with E-state index in [2.05, 4.69) is 22.9 Å². The number of pyridine rings is 1. The van der Waals surface area contributed by atoms with Crippen molar-refractivity contribution in [2.24, 2.45) is 0 Å². The molecule has 2 saturated heterocycles. The molecular formula is C31H35FN4O2. The van der Waals surface area contributed by atoms with Crippen molar-refractivity contribution >= 4 is 32.8 Å². The lowest BCUT2D eigenvalue weighted by Gasteiger charge is -2.39. The topological polar surface area (TPSA) is 74.0 Å². The number of hydrogen-bond donors (Lipinski definition) is 1. The number of nitriles is 1. The van der Waals surface area contributed by atoms with Gasteiger partial charge in [0.05, 0.1) is 22.5 Å². The molecule has 2 aliphatic heterocycles. The Labute approximate surface area is 222 Å². The summed E-state index contributed by atoms with van der Waals surface area (Å²) in [6, 6.07) is 9.93. The minimum atomic E-state index is -0.243. The van der Waals surface area contributed by atoms with E-state index >= 15 is 4.39 Å². The van der Waals surface area contributed by atoms with Gasteiger partial charge in [-0.1, -0.05) is 13.0 Å². The number of aromatic amines is 1. The van der Waals surface area contributed by atoms with Gasteiger partial charge in [-0.15, -0.1) is 0 Å². The lowest BCUT2D eigenvalue weighted by atomic mass is 9.83. The molecule has 2 aromatic heterocycles. The molecule has 0 unspecified atom stereocenters. The van der Waals surface area contributed by atoms with E-state index in [1.165, 1.54) is 0 Å². The number of aryl methyl sites for hydroxylation is 1. The number of ether oxygens (including phenoxy) is 1. The molecular weight excluding hydrogens is 479 g/mol. The maximum absolute atomic E-state index is 16.8. The van der Waals surface area contributed by atoms with Crippen molar-refractivity contribution in [2.75, 3.05) is 26.3 Å². The third-order valence-corrected chi connectivity index (χ3v) is 8.77. The van der Waals surface area contributed by atoms with E-state index in [0.29, 0.717) is 40.0 Å². The number of halogens is 1. The van der Waals surface area contributed by atoms with Crippen LogP contribution in [0.4, 0.5) is 4.39 Å². The molecule has 7 heteroatoms. The number of likely N-dealkylation sites (tertiary alicyclic amines) is 1. The molecule has 6 nitrogen and oxygen atoms in total. The standard InChI is InChI=1S/C31H35FN4O2/c1-4-20-16-24-29(28(32)26(20)21-7-11-35(12-8-21)22-9-13-38-14-10-22)36(18(2)3)31-27(30(24)37)23-6-5-19(17-33)15-25(23)34-31/h5-6,15-16,18,21-22,34H,4,7-14H2,1-3H3. The summed E-state index contributed by atoms with van der Waals surface area (Å²) in [4.78, 5) is 19.9. The van der Waals surface area contributed by atoms with Gasteiger partial charge < -0.3 is 19.2 Å². The van der Waals surface area contributed by atoms with Crippen molar-refractivity contribution in [1.29, 1.82) is 5.26 Å². The van der Waals surface area contributed by atoms with Crippen molar-refractivity contribution in [3.05, 3.63) is 57.0 Å². The predicted octanol–water partition coefficient (Wildman–Crippen LogP) is 6.15. The smallest absolute Gasteiger partial charge is 0.199 e. The molecule has 2 fully saturated rings. The fraction of sp³-hybridized carbons (Fsp3) is 0.484. The number of fused-ring (bicyclic) bond motifs is 4. The summed E-state index contributed by atoms with van der Waals surface area (Å²) < 4.78 is 24.3. The number of nitrogens with one attached hydrogen (secondary N) is 1. The first-order valence-electron chi connectivity index (χ1n) is 14.0. The normalized spacial score (nSPS) is 18.2. The molecule has 2 aromatic carbocycles. The van der Waals surface area contributed by atoms with E-state index in [1.807, 2.05) is 30.5 Å². The van der Waals surface area contributed by atoms with Crippen LogP contribution in [-0.2, 0) is 11.2 Å². The number of aromatic nitrogens is 2. The van der Waals surface area contributed by atoms with Crippen molar-refractivity contribution in [2.45, 2.75) is 70.9 Å². The first-order chi connectivity index (χ1) is 18.4. The number of H-pyrrole nitrogens is 1. The van der Waals surface area contributed by atoms with Crippen LogP contribution in [0.25, 0.3) is 32.8 Å². The minimum absolute atomic E-state index is 0.0747. The van der Waals surface area contributed by atoms with Gasteiger partial charge in [-0.2, -0.15) is 5.26 Å². The molecule has 0 atom stereocenters. The van der Waals surface area contributed by atoms with Crippen LogP contribution in [-0.4, -0.2) is 46.8 Å². The summed E-state index contributed by atoms with van der Waals surface area (Å²) in [6.07, 6.45) is 4.67. The van der Waals surface area contributed by atoms with Gasteiger partial charge in [0, 0.05) is 41.6 Å². The van der Waals surface area contributed by atoms with Gasteiger partial charge >= 0.3 is 0 Å². The lowest BCUT2D eigenvalue weighted by molar-refractivity contribution is 0.0250. The second-order valence-electron chi connectivity index (χ2n) is 11.2. The number of benzene rings is 2. The molecule has 6 rings (SSSR count).